The fourth-order valence-electron chi connectivity index (χ4n) is 5.79. The summed E-state index contributed by atoms with van der Waals surface area (Å²) in [6, 6.07) is 11.8. The highest BCUT2D eigenvalue weighted by atomic mass is 35.5. The van der Waals surface area contributed by atoms with Crippen LogP contribution in [-0.2, 0) is 11.8 Å². The fourth-order valence-corrected chi connectivity index (χ4v) is 5.98. The zero-order valence-electron chi connectivity index (χ0n) is 18.3. The molecule has 0 saturated heterocycles. The number of halogens is 4. The Morgan fingerprint density at radius 2 is 1.82 bits per heavy atom. The van der Waals surface area contributed by atoms with Crippen LogP contribution in [0.15, 0.2) is 42.5 Å². The molecule has 4 nitrogen and oxygen atoms in total. The second-order valence-corrected chi connectivity index (χ2v) is 9.86. The maximum atomic E-state index is 12.3. The first-order valence-electron chi connectivity index (χ1n) is 11.1. The van der Waals surface area contributed by atoms with Gasteiger partial charge in [0.15, 0.2) is 6.61 Å². The largest absolute Gasteiger partial charge is 0.484 e. The Balaban J connectivity index is 1.59. The molecule has 4 rings (SSSR count). The first-order valence-corrected chi connectivity index (χ1v) is 11.5. The van der Waals surface area contributed by atoms with E-state index in [1.54, 1.807) is 25.1 Å². The van der Waals surface area contributed by atoms with Gasteiger partial charge in [-0.2, -0.15) is 13.2 Å². The molecule has 0 heterocycles. The molecule has 2 bridgehead atoms. The molecule has 0 aromatic heterocycles. The second-order valence-electron chi connectivity index (χ2n) is 9.46. The third-order valence-corrected chi connectivity index (χ3v) is 7.94. The number of ether oxygens (including phenoxy) is 1. The Bertz CT molecular complexity index is 994. The molecule has 2 aliphatic rings. The van der Waals surface area contributed by atoms with E-state index in [9.17, 15) is 28.5 Å². The summed E-state index contributed by atoms with van der Waals surface area (Å²) < 4.78 is 41.8. The van der Waals surface area contributed by atoms with Gasteiger partial charge >= 0.3 is 6.18 Å². The smallest absolute Gasteiger partial charge is 0.422 e. The summed E-state index contributed by atoms with van der Waals surface area (Å²) in [6.45, 7) is 0.327. The van der Waals surface area contributed by atoms with Crippen LogP contribution in [0, 0.1) is 5.41 Å². The molecular formula is C25H28ClF3O4. The molecule has 2 fully saturated rings. The average molecular weight is 485 g/mol. The summed E-state index contributed by atoms with van der Waals surface area (Å²) in [5, 5.41) is 33.4. The van der Waals surface area contributed by atoms with Gasteiger partial charge in [-0.15, -0.1) is 0 Å². The van der Waals surface area contributed by atoms with E-state index in [0.29, 0.717) is 30.7 Å². The van der Waals surface area contributed by atoms with Crippen LogP contribution in [0.5, 0.6) is 5.75 Å². The Morgan fingerprint density at radius 1 is 1.12 bits per heavy atom. The third-order valence-electron chi connectivity index (χ3n) is 7.57. The maximum Gasteiger partial charge on any atom is 0.422 e. The Morgan fingerprint density at radius 3 is 2.45 bits per heavy atom. The minimum Gasteiger partial charge on any atom is -0.484 e. The van der Waals surface area contributed by atoms with Crippen molar-refractivity contribution in [2.45, 2.75) is 68.9 Å². The third kappa shape index (κ3) is 4.36. The Kier molecular flexibility index (Phi) is 6.46. The van der Waals surface area contributed by atoms with Gasteiger partial charge in [-0.1, -0.05) is 42.3 Å². The highest BCUT2D eigenvalue weighted by molar-refractivity contribution is 6.31. The molecule has 0 amide bonds. The number of hydrogen-bond acceptors (Lipinski definition) is 4. The normalized spacial score (nSPS) is 30.3. The number of fused-ring (bicyclic) bond motifs is 2. The van der Waals surface area contributed by atoms with E-state index >= 15 is 0 Å². The zero-order chi connectivity index (χ0) is 24.0. The highest BCUT2D eigenvalue weighted by Gasteiger charge is 2.65. The maximum absolute atomic E-state index is 12.3. The van der Waals surface area contributed by atoms with E-state index in [-0.39, 0.29) is 5.75 Å². The molecule has 0 aliphatic heterocycles. The van der Waals surface area contributed by atoms with Gasteiger partial charge in [-0.3, -0.25) is 0 Å². The van der Waals surface area contributed by atoms with Crippen LogP contribution in [0.3, 0.4) is 0 Å². The van der Waals surface area contributed by atoms with Gasteiger partial charge in [0.2, 0.25) is 0 Å². The van der Waals surface area contributed by atoms with Crippen molar-refractivity contribution < 1.29 is 33.2 Å². The number of aliphatic hydroxyl groups excluding tert-OH is 3. The van der Waals surface area contributed by atoms with Crippen molar-refractivity contribution in [1.82, 2.24) is 0 Å². The van der Waals surface area contributed by atoms with E-state index < -0.39 is 41.9 Å². The highest BCUT2D eigenvalue weighted by Crippen LogP contribution is 2.61. The second kappa shape index (κ2) is 8.77. The molecular weight excluding hydrogens is 457 g/mol. The summed E-state index contributed by atoms with van der Waals surface area (Å²) in [5.41, 5.74) is 0.801. The molecule has 0 spiro atoms. The first-order chi connectivity index (χ1) is 15.5. The SMILES string of the molecule is CC(O)C12CCCC(c3ccc(Cl)c(Cc4ccc(OCC(F)(F)F)cc4)c3)(C(O)C1)C2O. The van der Waals surface area contributed by atoms with Gasteiger partial charge in [0.05, 0.1) is 18.3 Å². The van der Waals surface area contributed by atoms with Gasteiger partial charge in [-0.05, 0) is 67.5 Å². The molecule has 2 aromatic carbocycles. The number of benzene rings is 2. The fraction of sp³-hybridized carbons (Fsp3) is 0.520. The molecule has 3 N–H and O–H groups in total. The predicted octanol–water partition coefficient (Wildman–Crippen LogP) is 4.79. The minimum absolute atomic E-state index is 0.128. The lowest BCUT2D eigenvalue weighted by atomic mass is 9.61. The quantitative estimate of drug-likeness (QED) is 0.551. The van der Waals surface area contributed by atoms with Crippen molar-refractivity contribution in [3.63, 3.8) is 0 Å². The van der Waals surface area contributed by atoms with Crippen LogP contribution in [0.4, 0.5) is 13.2 Å². The van der Waals surface area contributed by atoms with Crippen LogP contribution in [-0.4, -0.2) is 46.4 Å². The van der Waals surface area contributed by atoms with Crippen LogP contribution in [0.2, 0.25) is 5.02 Å². The van der Waals surface area contributed by atoms with Crippen LogP contribution >= 0.6 is 11.6 Å². The Labute approximate surface area is 196 Å². The van der Waals surface area contributed by atoms with Gasteiger partial charge in [0.1, 0.15) is 5.75 Å². The van der Waals surface area contributed by atoms with Crippen molar-refractivity contribution in [2.24, 2.45) is 5.41 Å². The number of rotatable bonds is 6. The average Bonchev–Trinajstić information content (AvgIpc) is 2.87. The molecule has 2 saturated carbocycles. The molecule has 5 atom stereocenters. The van der Waals surface area contributed by atoms with Gasteiger partial charge in [-0.25, -0.2) is 0 Å². The first kappa shape index (κ1) is 24.3. The van der Waals surface area contributed by atoms with Crippen molar-refractivity contribution in [3.05, 3.63) is 64.2 Å². The lowest BCUT2D eigenvalue weighted by Gasteiger charge is -2.46. The molecule has 8 heteroatoms. The molecule has 180 valence electrons. The van der Waals surface area contributed by atoms with Crippen LogP contribution in [0.1, 0.15) is 49.3 Å². The summed E-state index contributed by atoms with van der Waals surface area (Å²) in [6.07, 6.45) is -3.99. The lowest BCUT2D eigenvalue weighted by molar-refractivity contribution is -0.153. The molecule has 33 heavy (non-hydrogen) atoms. The summed E-state index contributed by atoms with van der Waals surface area (Å²) >= 11 is 6.45. The van der Waals surface area contributed by atoms with Crippen LogP contribution < -0.4 is 4.74 Å². The minimum atomic E-state index is -4.40. The summed E-state index contributed by atoms with van der Waals surface area (Å²) in [7, 11) is 0. The van der Waals surface area contributed by atoms with E-state index in [2.05, 4.69) is 0 Å². The lowest BCUT2D eigenvalue weighted by Crippen LogP contribution is -2.53. The molecule has 2 aromatic rings. The Hall–Kier alpha value is -1.80. The zero-order valence-corrected chi connectivity index (χ0v) is 19.0. The number of alkyl halides is 3. The van der Waals surface area contributed by atoms with E-state index in [1.165, 1.54) is 12.1 Å². The monoisotopic (exact) mass is 484 g/mol. The van der Waals surface area contributed by atoms with E-state index in [4.69, 9.17) is 16.3 Å². The number of hydrogen-bond donors (Lipinski definition) is 3. The molecule has 0 radical (unpaired) electrons. The molecule has 5 unspecified atom stereocenters. The van der Waals surface area contributed by atoms with Crippen molar-refractivity contribution >= 4 is 11.6 Å². The van der Waals surface area contributed by atoms with Crippen molar-refractivity contribution in [3.8, 4) is 5.75 Å². The van der Waals surface area contributed by atoms with Crippen molar-refractivity contribution in [2.75, 3.05) is 6.61 Å². The van der Waals surface area contributed by atoms with Crippen LogP contribution in [0.25, 0.3) is 0 Å². The van der Waals surface area contributed by atoms with Gasteiger partial charge in [0.25, 0.3) is 0 Å². The number of aliphatic hydroxyl groups is 3. The standard InChI is InChI=1S/C25H28ClF3O4/c1-15(30)23-9-2-10-24(22(23)32,21(31)13-23)18-5-8-20(26)17(12-18)11-16-3-6-19(7-4-16)33-14-25(27,28)29/h3-8,12,15,21-22,30-32H,2,9-11,13-14H2,1H3. The van der Waals surface area contributed by atoms with E-state index in [0.717, 1.165) is 23.1 Å². The van der Waals surface area contributed by atoms with Crippen molar-refractivity contribution in [1.29, 1.82) is 0 Å². The topological polar surface area (TPSA) is 69.9 Å². The van der Waals surface area contributed by atoms with Gasteiger partial charge < -0.3 is 20.1 Å². The van der Waals surface area contributed by atoms with E-state index in [1.807, 2.05) is 12.1 Å². The van der Waals surface area contributed by atoms with Gasteiger partial charge in [0, 0.05) is 15.9 Å². The summed E-state index contributed by atoms with van der Waals surface area (Å²) in [5.74, 6) is 0.128. The molecule has 2 aliphatic carbocycles. The summed E-state index contributed by atoms with van der Waals surface area (Å²) in [4.78, 5) is 0. The predicted molar refractivity (Wildman–Crippen MR) is 119 cm³/mol.